The van der Waals surface area contributed by atoms with Gasteiger partial charge in [0.2, 0.25) is 0 Å². The van der Waals surface area contributed by atoms with Gasteiger partial charge >= 0.3 is 0 Å². The van der Waals surface area contributed by atoms with Gasteiger partial charge in [-0.1, -0.05) is 23.2 Å². The van der Waals surface area contributed by atoms with Crippen LogP contribution < -0.4 is 4.74 Å². The van der Waals surface area contributed by atoms with E-state index in [1.165, 1.54) is 0 Å². The minimum Gasteiger partial charge on any atom is -0.492 e. The monoisotopic (exact) mass is 328 g/mol. The molecule has 0 aliphatic carbocycles. The second-order valence-electron chi connectivity index (χ2n) is 4.01. The van der Waals surface area contributed by atoms with Crippen molar-refractivity contribution in [3.05, 3.63) is 63.6 Å². The van der Waals surface area contributed by atoms with Crippen LogP contribution in [0.2, 0.25) is 10.0 Å². The summed E-state index contributed by atoms with van der Waals surface area (Å²) in [5.74, 6) is 0.640. The average molecular weight is 330 g/mol. The molecule has 2 aromatic carbocycles. The van der Waals surface area contributed by atoms with E-state index in [4.69, 9.17) is 39.5 Å². The second kappa shape index (κ2) is 6.98. The van der Waals surface area contributed by atoms with E-state index in [-0.39, 0.29) is 5.78 Å². The van der Waals surface area contributed by atoms with E-state index in [0.717, 1.165) is 0 Å². The second-order valence-corrected chi connectivity index (χ2v) is 5.26. The number of benzene rings is 2. The number of ether oxygens (including phenoxy) is 1. The van der Waals surface area contributed by atoms with Gasteiger partial charge in [0, 0.05) is 15.6 Å². The number of ketones is 1. The van der Waals surface area contributed by atoms with Gasteiger partial charge < -0.3 is 4.74 Å². The number of alkyl halides is 1. The molecule has 0 radical (unpaired) electrons. The number of carbonyl (C=O) groups excluding carboxylic acids is 1. The lowest BCUT2D eigenvalue weighted by molar-refractivity contribution is 0.103. The van der Waals surface area contributed by atoms with Gasteiger partial charge in [-0.3, -0.25) is 4.79 Å². The number of hydrogen-bond acceptors (Lipinski definition) is 2. The van der Waals surface area contributed by atoms with Crippen molar-refractivity contribution < 1.29 is 9.53 Å². The highest BCUT2D eigenvalue weighted by molar-refractivity contribution is 6.31. The van der Waals surface area contributed by atoms with Crippen LogP contribution in [0.3, 0.4) is 0 Å². The van der Waals surface area contributed by atoms with Crippen molar-refractivity contribution in [3.8, 4) is 5.75 Å². The molecule has 0 saturated carbocycles. The van der Waals surface area contributed by atoms with E-state index in [2.05, 4.69) is 0 Å². The Kier molecular flexibility index (Phi) is 5.30. The summed E-state index contributed by atoms with van der Waals surface area (Å²) in [5, 5.41) is 1.05. The third-order valence-corrected chi connectivity index (χ3v) is 3.27. The van der Waals surface area contributed by atoms with Gasteiger partial charge in [0.05, 0.1) is 11.4 Å². The Balaban J connectivity index is 2.37. The first-order valence-corrected chi connectivity index (χ1v) is 7.19. The van der Waals surface area contributed by atoms with Crippen molar-refractivity contribution in [2.75, 3.05) is 12.5 Å². The molecule has 0 atom stereocenters. The number of hydrogen-bond donors (Lipinski definition) is 0. The van der Waals surface area contributed by atoms with E-state index in [0.29, 0.717) is 39.4 Å². The molecule has 0 spiro atoms. The van der Waals surface area contributed by atoms with Gasteiger partial charge in [-0.2, -0.15) is 0 Å². The molecule has 0 unspecified atom stereocenters. The van der Waals surface area contributed by atoms with Crippen molar-refractivity contribution in [2.24, 2.45) is 0 Å². The topological polar surface area (TPSA) is 26.3 Å². The molecule has 2 nitrogen and oxygen atoms in total. The Bertz CT molecular complexity index is 609. The maximum absolute atomic E-state index is 12.5. The summed E-state index contributed by atoms with van der Waals surface area (Å²) >= 11 is 17.4. The Hall–Kier alpha value is -1.22. The predicted molar refractivity (Wildman–Crippen MR) is 82.6 cm³/mol. The van der Waals surface area contributed by atoms with Crippen molar-refractivity contribution in [3.63, 3.8) is 0 Å². The minimum absolute atomic E-state index is 0.172. The summed E-state index contributed by atoms with van der Waals surface area (Å²) in [6.45, 7) is 0.323. The molecular formula is C15H11Cl3O2. The Labute approximate surface area is 132 Å². The lowest BCUT2D eigenvalue weighted by Crippen LogP contribution is -2.07. The first-order chi connectivity index (χ1) is 9.61. The summed E-state index contributed by atoms with van der Waals surface area (Å²) in [6.07, 6.45) is 0. The van der Waals surface area contributed by atoms with Gasteiger partial charge in [-0.05, 0) is 42.5 Å². The molecule has 0 amide bonds. The number of carbonyl (C=O) groups is 1. The van der Waals surface area contributed by atoms with Crippen LogP contribution in [0.25, 0.3) is 0 Å². The quantitative estimate of drug-likeness (QED) is 0.579. The predicted octanol–water partition coefficient (Wildman–Crippen LogP) is 4.84. The first kappa shape index (κ1) is 15.2. The molecule has 20 heavy (non-hydrogen) atoms. The molecule has 0 aromatic heterocycles. The summed E-state index contributed by atoms with van der Waals surface area (Å²) in [5.41, 5.74) is 0.928. The highest BCUT2D eigenvalue weighted by Crippen LogP contribution is 2.26. The summed E-state index contributed by atoms with van der Waals surface area (Å²) in [6, 6.07) is 11.6. The molecule has 5 heteroatoms. The molecule has 0 N–H and O–H groups in total. The highest BCUT2D eigenvalue weighted by Gasteiger charge is 2.15. The van der Waals surface area contributed by atoms with Crippen LogP contribution in [0.4, 0.5) is 0 Å². The van der Waals surface area contributed by atoms with Crippen LogP contribution in [-0.2, 0) is 0 Å². The zero-order valence-corrected chi connectivity index (χ0v) is 12.7. The minimum atomic E-state index is -0.172. The molecular weight excluding hydrogens is 319 g/mol. The van der Waals surface area contributed by atoms with Gasteiger partial charge in [0.25, 0.3) is 0 Å². The van der Waals surface area contributed by atoms with Gasteiger partial charge in [0.1, 0.15) is 12.4 Å². The van der Waals surface area contributed by atoms with Crippen LogP contribution in [0, 0.1) is 0 Å². The molecule has 0 bridgehead atoms. The summed E-state index contributed by atoms with van der Waals surface area (Å²) < 4.78 is 5.47. The van der Waals surface area contributed by atoms with Gasteiger partial charge in [0.15, 0.2) is 5.78 Å². The largest absolute Gasteiger partial charge is 0.492 e. The molecule has 2 rings (SSSR count). The van der Waals surface area contributed by atoms with E-state index >= 15 is 0 Å². The smallest absolute Gasteiger partial charge is 0.196 e. The van der Waals surface area contributed by atoms with E-state index in [1.54, 1.807) is 42.5 Å². The number of rotatable bonds is 5. The standard InChI is InChI=1S/C15H11Cl3O2/c16-7-8-20-14-6-5-12(18)9-13(14)15(19)10-1-3-11(17)4-2-10/h1-6,9H,7-8H2. The van der Waals surface area contributed by atoms with E-state index < -0.39 is 0 Å². The van der Waals surface area contributed by atoms with E-state index in [1.807, 2.05) is 0 Å². The molecule has 0 saturated heterocycles. The maximum Gasteiger partial charge on any atom is 0.196 e. The van der Waals surface area contributed by atoms with Gasteiger partial charge in [-0.25, -0.2) is 0 Å². The molecule has 0 aliphatic heterocycles. The van der Waals surface area contributed by atoms with Crippen molar-refractivity contribution in [1.82, 2.24) is 0 Å². The Morgan fingerprint density at radius 2 is 1.65 bits per heavy atom. The van der Waals surface area contributed by atoms with E-state index in [9.17, 15) is 4.79 Å². The van der Waals surface area contributed by atoms with Crippen molar-refractivity contribution >= 4 is 40.6 Å². The van der Waals surface area contributed by atoms with Crippen molar-refractivity contribution in [2.45, 2.75) is 0 Å². The zero-order chi connectivity index (χ0) is 14.5. The van der Waals surface area contributed by atoms with Crippen molar-refractivity contribution in [1.29, 1.82) is 0 Å². The third kappa shape index (κ3) is 3.66. The van der Waals surface area contributed by atoms with Gasteiger partial charge in [-0.15, -0.1) is 11.6 Å². The maximum atomic E-state index is 12.5. The molecule has 0 aliphatic rings. The Morgan fingerprint density at radius 1 is 1.00 bits per heavy atom. The van der Waals surface area contributed by atoms with Crippen LogP contribution in [0.5, 0.6) is 5.75 Å². The lowest BCUT2D eigenvalue weighted by Gasteiger charge is -2.10. The fraction of sp³-hybridized carbons (Fsp3) is 0.133. The first-order valence-electron chi connectivity index (χ1n) is 5.90. The lowest BCUT2D eigenvalue weighted by atomic mass is 10.0. The fourth-order valence-corrected chi connectivity index (χ4v) is 2.09. The van der Waals surface area contributed by atoms with Crippen LogP contribution in [0.1, 0.15) is 15.9 Å². The number of halogens is 3. The fourth-order valence-electron chi connectivity index (χ4n) is 1.71. The summed E-state index contributed by atoms with van der Waals surface area (Å²) in [4.78, 5) is 12.5. The SMILES string of the molecule is O=C(c1ccc(Cl)cc1)c1cc(Cl)ccc1OCCCl. The molecule has 2 aromatic rings. The average Bonchev–Trinajstić information content (AvgIpc) is 2.46. The van der Waals surface area contributed by atoms with Crippen LogP contribution in [-0.4, -0.2) is 18.3 Å². The molecule has 104 valence electrons. The third-order valence-electron chi connectivity index (χ3n) is 2.63. The molecule has 0 heterocycles. The normalized spacial score (nSPS) is 10.3. The Morgan fingerprint density at radius 3 is 2.30 bits per heavy atom. The zero-order valence-electron chi connectivity index (χ0n) is 10.4. The highest BCUT2D eigenvalue weighted by atomic mass is 35.5. The summed E-state index contributed by atoms with van der Waals surface area (Å²) in [7, 11) is 0. The van der Waals surface area contributed by atoms with Crippen LogP contribution >= 0.6 is 34.8 Å². The van der Waals surface area contributed by atoms with Crippen LogP contribution in [0.15, 0.2) is 42.5 Å². The molecule has 0 fully saturated rings.